The van der Waals surface area contributed by atoms with Gasteiger partial charge in [0.15, 0.2) is 22.8 Å². The Balaban J connectivity index is 1.48. The number of rotatable bonds is 5. The molecule has 1 atom stereocenters. The Hall–Kier alpha value is -3.38. The molecule has 5 heterocycles. The molecule has 0 spiro atoms. The molecule has 0 aromatic carbocycles. The van der Waals surface area contributed by atoms with Crippen molar-refractivity contribution in [1.29, 1.82) is 0 Å². The monoisotopic (exact) mass is 439 g/mol. The van der Waals surface area contributed by atoms with Gasteiger partial charge in [-0.05, 0) is 6.42 Å². The first-order chi connectivity index (χ1) is 15.6. The van der Waals surface area contributed by atoms with Gasteiger partial charge >= 0.3 is 0 Å². The molecule has 12 heteroatoms. The van der Waals surface area contributed by atoms with Gasteiger partial charge in [-0.3, -0.25) is 4.79 Å². The summed E-state index contributed by atoms with van der Waals surface area (Å²) >= 11 is 0. The van der Waals surface area contributed by atoms with E-state index < -0.39 is 6.10 Å². The lowest BCUT2D eigenvalue weighted by Crippen LogP contribution is -2.37. The molecule has 3 N–H and O–H groups in total. The molecule has 12 nitrogen and oxygen atoms in total. The second-order valence-corrected chi connectivity index (χ2v) is 7.94. The summed E-state index contributed by atoms with van der Waals surface area (Å²) in [4.78, 5) is 38.6. The zero-order valence-electron chi connectivity index (χ0n) is 17.6. The normalized spacial score (nSPS) is 19.1. The van der Waals surface area contributed by atoms with E-state index in [1.165, 1.54) is 0 Å². The first-order valence-electron chi connectivity index (χ1n) is 10.7. The lowest BCUT2D eigenvalue weighted by Gasteiger charge is -2.28. The van der Waals surface area contributed by atoms with Crippen molar-refractivity contribution in [1.82, 2.24) is 34.4 Å². The lowest BCUT2D eigenvalue weighted by atomic mass is 10.3. The fourth-order valence-electron chi connectivity index (χ4n) is 4.01. The maximum Gasteiger partial charge on any atom is 0.224 e. The van der Waals surface area contributed by atoms with Crippen LogP contribution in [0.1, 0.15) is 12.8 Å². The molecule has 1 unspecified atom stereocenters. The van der Waals surface area contributed by atoms with E-state index in [2.05, 4.69) is 19.9 Å². The number of imidazole rings is 1. The Morgan fingerprint density at radius 3 is 2.66 bits per heavy atom. The first kappa shape index (κ1) is 20.5. The van der Waals surface area contributed by atoms with Crippen molar-refractivity contribution in [2.45, 2.75) is 25.5 Å². The molecule has 168 valence electrons. The molecule has 1 amide bonds. The molecule has 0 radical (unpaired) electrons. The number of aliphatic hydroxyl groups excluding tert-OH is 1. The fourth-order valence-corrected chi connectivity index (χ4v) is 4.01. The second-order valence-electron chi connectivity index (χ2n) is 7.94. The SMILES string of the molecule is Nc1ncc(-c2nc(N3CCOCC3)c3ncn(CCC(=O)N4CCC(O)C4)c3n2)cn1. The largest absolute Gasteiger partial charge is 0.391 e. The van der Waals surface area contributed by atoms with Crippen LogP contribution in [0.15, 0.2) is 18.7 Å². The van der Waals surface area contributed by atoms with Crippen LogP contribution in [-0.2, 0) is 16.1 Å². The number of amides is 1. The zero-order valence-corrected chi connectivity index (χ0v) is 17.6. The summed E-state index contributed by atoms with van der Waals surface area (Å²) in [5.74, 6) is 1.38. The average Bonchev–Trinajstić information content (AvgIpc) is 3.44. The number of nitrogen functional groups attached to an aromatic ring is 1. The summed E-state index contributed by atoms with van der Waals surface area (Å²) in [6.07, 6.45) is 5.38. The minimum Gasteiger partial charge on any atom is -0.391 e. The number of nitrogens with two attached hydrogens (primary N) is 1. The van der Waals surface area contributed by atoms with Gasteiger partial charge in [-0.2, -0.15) is 0 Å². The van der Waals surface area contributed by atoms with Crippen LogP contribution in [0.2, 0.25) is 0 Å². The van der Waals surface area contributed by atoms with Gasteiger partial charge in [0.25, 0.3) is 0 Å². The van der Waals surface area contributed by atoms with Gasteiger partial charge in [0.05, 0.1) is 31.2 Å². The van der Waals surface area contributed by atoms with Gasteiger partial charge in [0.1, 0.15) is 0 Å². The predicted octanol–water partition coefficient (Wildman–Crippen LogP) is -0.315. The van der Waals surface area contributed by atoms with Crippen LogP contribution < -0.4 is 10.6 Å². The molecule has 3 aromatic heterocycles. The standard InChI is InChI=1S/C20H25N9O3/c21-20-22-9-13(10-23-20)17-25-18(27-5-7-32-8-6-27)16-19(26-17)29(12-24-16)4-2-15(31)28-3-1-14(30)11-28/h9-10,12,14,30H,1-8,11H2,(H2,21,22,23). The molecule has 3 aromatic rings. The van der Waals surface area contributed by atoms with Crippen LogP contribution in [-0.4, -0.2) is 90.9 Å². The lowest BCUT2D eigenvalue weighted by molar-refractivity contribution is -0.130. The van der Waals surface area contributed by atoms with Crippen molar-refractivity contribution in [3.05, 3.63) is 18.7 Å². The Kier molecular flexibility index (Phi) is 5.53. The Bertz CT molecular complexity index is 1110. The highest BCUT2D eigenvalue weighted by molar-refractivity contribution is 5.86. The van der Waals surface area contributed by atoms with Crippen molar-refractivity contribution in [2.75, 3.05) is 50.0 Å². The quantitative estimate of drug-likeness (QED) is 0.542. The van der Waals surface area contributed by atoms with Crippen LogP contribution in [0.25, 0.3) is 22.6 Å². The third kappa shape index (κ3) is 4.06. The third-order valence-electron chi connectivity index (χ3n) is 5.77. The number of fused-ring (bicyclic) bond motifs is 1. The summed E-state index contributed by atoms with van der Waals surface area (Å²) in [6.45, 7) is 4.05. The van der Waals surface area contributed by atoms with E-state index in [4.69, 9.17) is 20.4 Å². The van der Waals surface area contributed by atoms with Crippen molar-refractivity contribution in [3.8, 4) is 11.4 Å². The van der Waals surface area contributed by atoms with Crippen LogP contribution in [0.3, 0.4) is 0 Å². The smallest absolute Gasteiger partial charge is 0.224 e. The Labute approximate surface area is 184 Å². The number of likely N-dealkylation sites (tertiary alicyclic amines) is 1. The molecule has 2 aliphatic heterocycles. The van der Waals surface area contributed by atoms with Gasteiger partial charge in [-0.1, -0.05) is 0 Å². The van der Waals surface area contributed by atoms with E-state index in [1.54, 1.807) is 23.6 Å². The third-order valence-corrected chi connectivity index (χ3v) is 5.77. The van der Waals surface area contributed by atoms with E-state index in [0.717, 1.165) is 5.82 Å². The number of hydrogen-bond acceptors (Lipinski definition) is 10. The number of aromatic nitrogens is 6. The molecular weight excluding hydrogens is 414 g/mol. The number of aliphatic hydroxyl groups is 1. The molecule has 5 rings (SSSR count). The number of nitrogens with zero attached hydrogens (tertiary/aromatic N) is 8. The Morgan fingerprint density at radius 1 is 1.16 bits per heavy atom. The van der Waals surface area contributed by atoms with Crippen molar-refractivity contribution < 1.29 is 14.6 Å². The van der Waals surface area contributed by atoms with Crippen LogP contribution in [0, 0.1) is 0 Å². The van der Waals surface area contributed by atoms with E-state index in [1.807, 2.05) is 4.57 Å². The summed E-state index contributed by atoms with van der Waals surface area (Å²) in [5.41, 5.74) is 7.59. The maximum absolute atomic E-state index is 12.6. The van der Waals surface area contributed by atoms with Crippen LogP contribution in [0.4, 0.5) is 11.8 Å². The number of ether oxygens (including phenoxy) is 1. The molecule has 0 saturated carbocycles. The van der Waals surface area contributed by atoms with E-state index >= 15 is 0 Å². The number of carbonyl (C=O) groups excluding carboxylic acids is 1. The molecular formula is C20H25N9O3. The minimum absolute atomic E-state index is 0.0121. The van der Waals surface area contributed by atoms with E-state index in [-0.39, 0.29) is 11.9 Å². The van der Waals surface area contributed by atoms with Crippen LogP contribution in [0.5, 0.6) is 0 Å². The molecule has 2 saturated heterocycles. The summed E-state index contributed by atoms with van der Waals surface area (Å²) in [5, 5.41) is 9.69. The van der Waals surface area contributed by atoms with Crippen molar-refractivity contribution >= 4 is 28.8 Å². The average molecular weight is 439 g/mol. The summed E-state index contributed by atoms with van der Waals surface area (Å²) < 4.78 is 7.35. The molecule has 0 bridgehead atoms. The fraction of sp³-hybridized carbons (Fsp3) is 0.500. The van der Waals surface area contributed by atoms with Gasteiger partial charge in [0, 0.05) is 51.5 Å². The number of carbonyl (C=O) groups is 1. The zero-order chi connectivity index (χ0) is 22.1. The van der Waals surface area contributed by atoms with Gasteiger partial charge in [-0.15, -0.1) is 0 Å². The van der Waals surface area contributed by atoms with E-state index in [0.29, 0.717) is 81.3 Å². The number of anilines is 2. The van der Waals surface area contributed by atoms with Crippen molar-refractivity contribution in [3.63, 3.8) is 0 Å². The number of aryl methyl sites for hydroxylation is 1. The number of β-amino-alcohol motifs (C(OH)–C–C–N with tert-alkyl or cyclic N) is 1. The van der Waals surface area contributed by atoms with Gasteiger partial charge in [-0.25, -0.2) is 24.9 Å². The highest BCUT2D eigenvalue weighted by atomic mass is 16.5. The number of morpholine rings is 1. The highest BCUT2D eigenvalue weighted by Gasteiger charge is 2.25. The Morgan fingerprint density at radius 2 is 1.94 bits per heavy atom. The minimum atomic E-state index is -0.429. The predicted molar refractivity (Wildman–Crippen MR) is 116 cm³/mol. The summed E-state index contributed by atoms with van der Waals surface area (Å²) in [6, 6.07) is 0. The van der Waals surface area contributed by atoms with Crippen LogP contribution >= 0.6 is 0 Å². The van der Waals surface area contributed by atoms with Crippen molar-refractivity contribution in [2.24, 2.45) is 0 Å². The van der Waals surface area contributed by atoms with Gasteiger partial charge < -0.3 is 29.9 Å². The summed E-state index contributed by atoms with van der Waals surface area (Å²) in [7, 11) is 0. The highest BCUT2D eigenvalue weighted by Crippen LogP contribution is 2.27. The molecule has 2 fully saturated rings. The second kappa shape index (κ2) is 8.63. The van der Waals surface area contributed by atoms with Gasteiger partial charge in [0.2, 0.25) is 11.9 Å². The topological polar surface area (TPSA) is 148 Å². The van der Waals surface area contributed by atoms with E-state index in [9.17, 15) is 9.90 Å². The maximum atomic E-state index is 12.6. The molecule has 0 aliphatic carbocycles. The first-order valence-corrected chi connectivity index (χ1v) is 10.7. The molecule has 2 aliphatic rings. The molecule has 32 heavy (non-hydrogen) atoms. The number of hydrogen-bond donors (Lipinski definition) is 2.